The summed E-state index contributed by atoms with van der Waals surface area (Å²) in [4.78, 5) is 30.0. The molecule has 10 heteroatoms. The molecular weight excluding hydrogens is 674 g/mol. The topological polar surface area (TPSA) is 86.8 Å². The normalized spacial score (nSPS) is 12.3. The zero-order chi connectivity index (χ0) is 32.8. The molecule has 0 saturated carbocycles. The van der Waals surface area contributed by atoms with Crippen LogP contribution in [-0.2, 0) is 32.6 Å². The fourth-order valence-electron chi connectivity index (χ4n) is 4.82. The number of sulfonamides is 1. The standard InChI is InChI=1S/C35H37BrClN3O4S/c1-25-18-19-29(22-31(25)37)40(45(43,44)30-16-9-6-10-17-30)24-33(41)39(23-27-14-11-15-28(36)20-27)32(34(42)38-35(2,3)4)21-26-12-7-5-8-13-26/h5-20,22,32H,21,23-24H2,1-4H3,(H,38,42)/t32-/m0/s1. The lowest BCUT2D eigenvalue weighted by Gasteiger charge is -2.35. The predicted molar refractivity (Wildman–Crippen MR) is 184 cm³/mol. The van der Waals surface area contributed by atoms with Crippen molar-refractivity contribution < 1.29 is 18.0 Å². The number of carbonyl (C=O) groups excluding carboxylic acids is 2. The van der Waals surface area contributed by atoms with Crippen molar-refractivity contribution >= 4 is 55.1 Å². The monoisotopic (exact) mass is 709 g/mol. The van der Waals surface area contributed by atoms with Crippen LogP contribution in [0.3, 0.4) is 0 Å². The average Bonchev–Trinajstić information content (AvgIpc) is 2.99. The predicted octanol–water partition coefficient (Wildman–Crippen LogP) is 7.16. The second-order valence-electron chi connectivity index (χ2n) is 11.9. The van der Waals surface area contributed by atoms with E-state index in [0.29, 0.717) is 5.02 Å². The molecule has 1 atom stereocenters. The van der Waals surface area contributed by atoms with Crippen molar-refractivity contribution in [1.29, 1.82) is 0 Å². The molecule has 4 aromatic carbocycles. The minimum Gasteiger partial charge on any atom is -0.350 e. The maximum absolute atomic E-state index is 14.5. The number of aryl methyl sites for hydroxylation is 1. The number of halogens is 2. The van der Waals surface area contributed by atoms with Crippen LogP contribution in [0.4, 0.5) is 5.69 Å². The molecule has 0 aliphatic rings. The number of nitrogens with zero attached hydrogens (tertiary/aromatic N) is 2. The molecule has 0 radical (unpaired) electrons. The number of benzene rings is 4. The van der Waals surface area contributed by atoms with Gasteiger partial charge in [-0.2, -0.15) is 0 Å². The summed E-state index contributed by atoms with van der Waals surface area (Å²) in [7, 11) is -4.21. The van der Waals surface area contributed by atoms with Gasteiger partial charge in [-0.15, -0.1) is 0 Å². The molecule has 0 saturated heterocycles. The summed E-state index contributed by atoms with van der Waals surface area (Å²) < 4.78 is 30.1. The van der Waals surface area contributed by atoms with Crippen LogP contribution in [0.1, 0.15) is 37.5 Å². The Morgan fingerprint density at radius 2 is 1.49 bits per heavy atom. The van der Waals surface area contributed by atoms with Crippen LogP contribution in [0.15, 0.2) is 112 Å². The van der Waals surface area contributed by atoms with Gasteiger partial charge in [0, 0.05) is 28.0 Å². The highest BCUT2D eigenvalue weighted by atomic mass is 79.9. The zero-order valence-corrected chi connectivity index (χ0v) is 28.9. The fourth-order valence-corrected chi connectivity index (χ4v) is 6.87. The van der Waals surface area contributed by atoms with Gasteiger partial charge in [0.25, 0.3) is 10.0 Å². The molecule has 7 nitrogen and oxygen atoms in total. The third-order valence-electron chi connectivity index (χ3n) is 7.06. The van der Waals surface area contributed by atoms with Gasteiger partial charge in [0.1, 0.15) is 12.6 Å². The van der Waals surface area contributed by atoms with Crippen molar-refractivity contribution in [2.45, 2.75) is 57.1 Å². The van der Waals surface area contributed by atoms with Crippen LogP contribution in [0.25, 0.3) is 0 Å². The van der Waals surface area contributed by atoms with Gasteiger partial charge in [0.05, 0.1) is 10.6 Å². The molecule has 0 heterocycles. The van der Waals surface area contributed by atoms with E-state index in [1.165, 1.54) is 23.1 Å². The van der Waals surface area contributed by atoms with E-state index in [1.54, 1.807) is 30.3 Å². The molecule has 0 bridgehead atoms. The van der Waals surface area contributed by atoms with E-state index in [-0.39, 0.29) is 29.5 Å². The Hall–Kier alpha value is -3.66. The third kappa shape index (κ3) is 9.19. The molecule has 4 aromatic rings. The van der Waals surface area contributed by atoms with Crippen molar-refractivity contribution in [3.63, 3.8) is 0 Å². The summed E-state index contributed by atoms with van der Waals surface area (Å²) >= 11 is 9.95. The number of amides is 2. The number of nitrogens with one attached hydrogen (secondary N) is 1. The SMILES string of the molecule is Cc1ccc(N(CC(=O)N(Cc2cccc(Br)c2)[C@@H](Cc2ccccc2)C(=O)NC(C)(C)C)S(=O)(=O)c2ccccc2)cc1Cl. The Labute approximate surface area is 279 Å². The number of carbonyl (C=O) groups is 2. The molecule has 0 fully saturated rings. The van der Waals surface area contributed by atoms with Crippen molar-refractivity contribution in [2.75, 3.05) is 10.8 Å². The van der Waals surface area contributed by atoms with E-state index in [2.05, 4.69) is 21.2 Å². The first-order chi connectivity index (χ1) is 21.2. The molecule has 1 N–H and O–H groups in total. The van der Waals surface area contributed by atoms with Gasteiger partial charge in [-0.1, -0.05) is 94.3 Å². The van der Waals surface area contributed by atoms with Crippen LogP contribution in [-0.4, -0.2) is 43.3 Å². The van der Waals surface area contributed by atoms with E-state index in [9.17, 15) is 18.0 Å². The molecule has 4 rings (SSSR count). The fraction of sp³-hybridized carbons (Fsp3) is 0.257. The maximum atomic E-state index is 14.5. The van der Waals surface area contributed by atoms with E-state index < -0.39 is 34.1 Å². The molecule has 0 aliphatic heterocycles. The average molecular weight is 711 g/mol. The molecule has 45 heavy (non-hydrogen) atoms. The Kier molecular flexibility index (Phi) is 11.1. The molecule has 0 unspecified atom stereocenters. The van der Waals surface area contributed by atoms with Crippen LogP contribution in [0.5, 0.6) is 0 Å². The molecule has 0 aromatic heterocycles. The van der Waals surface area contributed by atoms with Gasteiger partial charge in [-0.25, -0.2) is 8.42 Å². The minimum atomic E-state index is -4.21. The van der Waals surface area contributed by atoms with Crippen LogP contribution in [0, 0.1) is 6.92 Å². The highest BCUT2D eigenvalue weighted by Crippen LogP contribution is 2.29. The first-order valence-corrected chi connectivity index (χ1v) is 17.1. The molecule has 0 aliphatic carbocycles. The summed E-state index contributed by atoms with van der Waals surface area (Å²) in [5.41, 5.74) is 2.07. The summed E-state index contributed by atoms with van der Waals surface area (Å²) in [6.07, 6.45) is 0.226. The number of anilines is 1. The quantitative estimate of drug-likeness (QED) is 0.179. The summed E-state index contributed by atoms with van der Waals surface area (Å²) in [5, 5.41) is 3.40. The Morgan fingerprint density at radius 1 is 0.867 bits per heavy atom. The largest absolute Gasteiger partial charge is 0.350 e. The van der Waals surface area contributed by atoms with Crippen LogP contribution in [0.2, 0.25) is 5.02 Å². The van der Waals surface area contributed by atoms with Crippen molar-refractivity contribution in [3.8, 4) is 0 Å². The van der Waals surface area contributed by atoms with Gasteiger partial charge in [0.2, 0.25) is 11.8 Å². The first kappa shape index (κ1) is 34.2. The van der Waals surface area contributed by atoms with E-state index in [4.69, 9.17) is 11.6 Å². The van der Waals surface area contributed by atoms with E-state index >= 15 is 0 Å². The van der Waals surface area contributed by atoms with Gasteiger partial charge in [-0.05, 0) is 80.8 Å². The molecule has 0 spiro atoms. The van der Waals surface area contributed by atoms with Gasteiger partial charge < -0.3 is 10.2 Å². The lowest BCUT2D eigenvalue weighted by molar-refractivity contribution is -0.140. The van der Waals surface area contributed by atoms with Crippen molar-refractivity contribution in [2.24, 2.45) is 0 Å². The lowest BCUT2D eigenvalue weighted by Crippen LogP contribution is -2.56. The van der Waals surface area contributed by atoms with Crippen molar-refractivity contribution in [3.05, 3.63) is 129 Å². The van der Waals surface area contributed by atoms with Gasteiger partial charge >= 0.3 is 0 Å². The first-order valence-electron chi connectivity index (χ1n) is 14.5. The molecule has 2 amide bonds. The summed E-state index contributed by atoms with van der Waals surface area (Å²) in [6, 6.07) is 28.8. The Balaban J connectivity index is 1.83. The highest BCUT2D eigenvalue weighted by molar-refractivity contribution is 9.10. The lowest BCUT2D eigenvalue weighted by atomic mass is 10.0. The third-order valence-corrected chi connectivity index (χ3v) is 9.75. The smallest absolute Gasteiger partial charge is 0.264 e. The Morgan fingerprint density at radius 3 is 2.09 bits per heavy atom. The molecular formula is C35H37BrClN3O4S. The Bertz CT molecular complexity index is 1750. The summed E-state index contributed by atoms with van der Waals surface area (Å²) in [5.74, 6) is -0.887. The van der Waals surface area contributed by atoms with Crippen LogP contribution >= 0.6 is 27.5 Å². The second-order valence-corrected chi connectivity index (χ2v) is 15.0. The highest BCUT2D eigenvalue weighted by Gasteiger charge is 2.35. The molecule has 236 valence electrons. The van der Waals surface area contributed by atoms with Crippen molar-refractivity contribution in [1.82, 2.24) is 10.2 Å². The maximum Gasteiger partial charge on any atom is 0.264 e. The van der Waals surface area contributed by atoms with Crippen LogP contribution < -0.4 is 9.62 Å². The number of rotatable bonds is 11. The number of hydrogen-bond acceptors (Lipinski definition) is 4. The zero-order valence-electron chi connectivity index (χ0n) is 25.7. The van der Waals surface area contributed by atoms with Gasteiger partial charge in [-0.3, -0.25) is 13.9 Å². The summed E-state index contributed by atoms with van der Waals surface area (Å²) in [6.45, 7) is 6.95. The van der Waals surface area contributed by atoms with E-state index in [0.717, 1.165) is 25.5 Å². The van der Waals surface area contributed by atoms with E-state index in [1.807, 2.05) is 82.3 Å². The minimum absolute atomic E-state index is 0.0272. The van der Waals surface area contributed by atoms with Gasteiger partial charge in [0.15, 0.2) is 0 Å². The second kappa shape index (κ2) is 14.6. The number of hydrogen-bond donors (Lipinski definition) is 1.